The molecule has 0 aliphatic heterocycles. The lowest BCUT2D eigenvalue weighted by Gasteiger charge is -2.15. The molecule has 0 N–H and O–H groups in total. The molecule has 0 saturated heterocycles. The van der Waals surface area contributed by atoms with Crippen LogP contribution in [0.1, 0.15) is 0 Å². The summed E-state index contributed by atoms with van der Waals surface area (Å²) in [5.41, 5.74) is 14.5. The minimum Gasteiger partial charge on any atom is -0.307 e. The Kier molecular flexibility index (Phi) is 9.00. The molecule has 10 aromatic carbocycles. The highest BCUT2D eigenvalue weighted by molar-refractivity contribution is 7.26. The summed E-state index contributed by atoms with van der Waals surface area (Å²) in [6, 6.07) is 84.5. The average molecular weight is 898 g/mol. The zero-order valence-corrected chi connectivity index (χ0v) is 38.0. The third-order valence-corrected chi connectivity index (χ3v) is 14.8. The number of hydrogen-bond donors (Lipinski definition) is 0. The summed E-state index contributed by atoms with van der Waals surface area (Å²) in [6.45, 7) is 0. The van der Waals surface area contributed by atoms with Gasteiger partial charge < -0.3 is 9.13 Å². The number of fused-ring (bicyclic) bond motifs is 10. The van der Waals surface area contributed by atoms with Crippen LogP contribution in [0.3, 0.4) is 0 Å². The minimum absolute atomic E-state index is 0.636. The Hall–Kier alpha value is -8.97. The standard InChI is InChI=1S/C63H39N5S/c1-5-17-40(18-6-1)42-31-33-44(34-32-42)62-64-61(43-21-9-3-10-22-43)65-63(66-62)51-28-15-27-50-57-56(69-60(50)51)38-36-49-48-26-16-30-55(58(48)67(59(49)57)46-23-11-4-12-24-46)68-53-29-14-13-25-47(53)52-39-45(35-37-54(52)68)41-19-7-2-8-20-41/h1-39H. The van der Waals surface area contributed by atoms with E-state index in [0.717, 1.165) is 43.8 Å². The van der Waals surface area contributed by atoms with Gasteiger partial charge in [0.2, 0.25) is 0 Å². The number of rotatable bonds is 7. The molecule has 0 aliphatic carbocycles. The van der Waals surface area contributed by atoms with Crippen LogP contribution >= 0.6 is 11.3 Å². The first-order valence-electron chi connectivity index (χ1n) is 23.3. The number of benzene rings is 10. The summed E-state index contributed by atoms with van der Waals surface area (Å²) in [4.78, 5) is 15.6. The van der Waals surface area contributed by atoms with Crippen LogP contribution < -0.4 is 0 Å². The highest BCUT2D eigenvalue weighted by Gasteiger charge is 2.24. The minimum atomic E-state index is 0.636. The van der Waals surface area contributed by atoms with Crippen LogP contribution in [0.4, 0.5) is 0 Å². The lowest BCUT2D eigenvalue weighted by molar-refractivity contribution is 1.08. The Morgan fingerprint density at radius 2 is 0.841 bits per heavy atom. The van der Waals surface area contributed by atoms with Crippen molar-refractivity contribution < 1.29 is 0 Å². The number of thiophene rings is 1. The third-order valence-electron chi connectivity index (χ3n) is 13.6. The molecule has 14 aromatic rings. The summed E-state index contributed by atoms with van der Waals surface area (Å²) in [6.07, 6.45) is 0. The Labute approximate surface area is 401 Å². The molecule has 0 radical (unpaired) electrons. The van der Waals surface area contributed by atoms with Crippen molar-refractivity contribution in [3.63, 3.8) is 0 Å². The molecule has 6 heteroatoms. The summed E-state index contributed by atoms with van der Waals surface area (Å²) in [5, 5.41) is 7.23. The summed E-state index contributed by atoms with van der Waals surface area (Å²) in [7, 11) is 0. The quantitative estimate of drug-likeness (QED) is 0.160. The fourth-order valence-corrected chi connectivity index (χ4v) is 11.6. The van der Waals surface area contributed by atoms with Crippen molar-refractivity contribution in [1.82, 2.24) is 24.1 Å². The molecule has 4 aromatic heterocycles. The van der Waals surface area contributed by atoms with E-state index in [-0.39, 0.29) is 0 Å². The van der Waals surface area contributed by atoms with Crippen LogP contribution in [-0.2, 0) is 0 Å². The van der Waals surface area contributed by atoms with Crippen molar-refractivity contribution >= 4 is 75.1 Å². The molecule has 0 bridgehead atoms. The van der Waals surface area contributed by atoms with Crippen LogP contribution in [0.25, 0.3) is 132 Å². The summed E-state index contributed by atoms with van der Waals surface area (Å²) >= 11 is 1.80. The molecular formula is C63H39N5S. The van der Waals surface area contributed by atoms with Gasteiger partial charge in [-0.05, 0) is 70.8 Å². The average Bonchev–Trinajstić information content (AvgIpc) is 4.09. The lowest BCUT2D eigenvalue weighted by atomic mass is 10.0. The first kappa shape index (κ1) is 39.2. The van der Waals surface area contributed by atoms with Crippen molar-refractivity contribution in [2.45, 2.75) is 0 Å². The largest absolute Gasteiger partial charge is 0.307 e. The topological polar surface area (TPSA) is 48.5 Å². The second-order valence-electron chi connectivity index (χ2n) is 17.5. The van der Waals surface area contributed by atoms with E-state index in [9.17, 15) is 0 Å². The van der Waals surface area contributed by atoms with Gasteiger partial charge in [0.1, 0.15) is 0 Å². The maximum absolute atomic E-state index is 5.27. The smallest absolute Gasteiger partial charge is 0.165 e. The molecule has 0 aliphatic rings. The molecule has 0 atom stereocenters. The molecule has 4 heterocycles. The number of aromatic nitrogens is 5. The molecule has 0 spiro atoms. The van der Waals surface area contributed by atoms with Crippen molar-refractivity contribution in [3.05, 3.63) is 237 Å². The fourth-order valence-electron chi connectivity index (χ4n) is 10.4. The van der Waals surface area contributed by atoms with Gasteiger partial charge in [-0.2, -0.15) is 0 Å². The Morgan fingerprint density at radius 3 is 1.58 bits per heavy atom. The molecule has 69 heavy (non-hydrogen) atoms. The fraction of sp³-hybridized carbons (Fsp3) is 0. The van der Waals surface area contributed by atoms with Gasteiger partial charge in [0, 0.05) is 64.1 Å². The normalized spacial score (nSPS) is 11.8. The monoisotopic (exact) mass is 897 g/mol. The Balaban J connectivity index is 1.01. The molecule has 14 rings (SSSR count). The van der Waals surface area contributed by atoms with E-state index in [0.29, 0.717) is 17.5 Å². The van der Waals surface area contributed by atoms with Gasteiger partial charge >= 0.3 is 0 Å². The maximum atomic E-state index is 5.27. The predicted molar refractivity (Wildman–Crippen MR) is 289 cm³/mol. The van der Waals surface area contributed by atoms with Gasteiger partial charge in [0.15, 0.2) is 17.5 Å². The predicted octanol–water partition coefficient (Wildman–Crippen LogP) is 16.8. The van der Waals surface area contributed by atoms with E-state index in [1.165, 1.54) is 70.3 Å². The molecule has 0 amide bonds. The van der Waals surface area contributed by atoms with Crippen molar-refractivity contribution in [3.8, 4) is 67.8 Å². The third kappa shape index (κ3) is 6.34. The van der Waals surface area contributed by atoms with Crippen molar-refractivity contribution in [2.24, 2.45) is 0 Å². The van der Waals surface area contributed by atoms with E-state index >= 15 is 0 Å². The van der Waals surface area contributed by atoms with E-state index in [1.54, 1.807) is 11.3 Å². The first-order valence-corrected chi connectivity index (χ1v) is 24.1. The maximum Gasteiger partial charge on any atom is 0.165 e. The SMILES string of the molecule is c1ccc(-c2ccc(-c3nc(-c4ccccc4)nc(-c4cccc5c4sc4ccc6c7cccc(-n8c9ccccc9c9cc(-c%10ccccc%10)ccc98)c7n(-c7ccccc7)c6c45)n3)cc2)cc1. The molecule has 0 unspecified atom stereocenters. The second-order valence-corrected chi connectivity index (χ2v) is 18.6. The highest BCUT2D eigenvalue weighted by atomic mass is 32.1. The van der Waals surface area contributed by atoms with Gasteiger partial charge in [-0.15, -0.1) is 11.3 Å². The summed E-state index contributed by atoms with van der Waals surface area (Å²) in [5.74, 6) is 1.92. The lowest BCUT2D eigenvalue weighted by Crippen LogP contribution is -2.00. The van der Waals surface area contributed by atoms with E-state index in [1.807, 2.05) is 24.3 Å². The molecule has 322 valence electrons. The van der Waals surface area contributed by atoms with E-state index in [2.05, 4.69) is 221 Å². The number of nitrogens with zero attached hydrogens (tertiary/aromatic N) is 5. The van der Waals surface area contributed by atoms with Crippen molar-refractivity contribution in [2.75, 3.05) is 0 Å². The van der Waals surface area contributed by atoms with Crippen molar-refractivity contribution in [1.29, 1.82) is 0 Å². The molecule has 0 fully saturated rings. The summed E-state index contributed by atoms with van der Waals surface area (Å²) < 4.78 is 7.32. The zero-order chi connectivity index (χ0) is 45.4. The first-order chi connectivity index (χ1) is 34.2. The van der Waals surface area contributed by atoms with Crippen LogP contribution in [0.15, 0.2) is 237 Å². The number of hydrogen-bond acceptors (Lipinski definition) is 4. The van der Waals surface area contributed by atoms with E-state index in [4.69, 9.17) is 15.0 Å². The Bertz CT molecular complexity index is 4270. The van der Waals surface area contributed by atoms with Gasteiger partial charge in [-0.25, -0.2) is 15.0 Å². The van der Waals surface area contributed by atoms with Gasteiger partial charge in [0.25, 0.3) is 0 Å². The van der Waals surface area contributed by atoms with Crippen LogP contribution in [-0.4, -0.2) is 24.1 Å². The molecule has 5 nitrogen and oxygen atoms in total. The molecule has 0 saturated carbocycles. The van der Waals surface area contributed by atoms with Crippen LogP contribution in [0.2, 0.25) is 0 Å². The van der Waals surface area contributed by atoms with Crippen LogP contribution in [0.5, 0.6) is 0 Å². The second kappa shape index (κ2) is 15.8. The Morgan fingerprint density at radius 1 is 0.319 bits per heavy atom. The van der Waals surface area contributed by atoms with Crippen LogP contribution in [0, 0.1) is 0 Å². The number of para-hydroxylation sites is 3. The van der Waals surface area contributed by atoms with Gasteiger partial charge in [-0.1, -0.05) is 188 Å². The van der Waals surface area contributed by atoms with E-state index < -0.39 is 0 Å². The molecular weight excluding hydrogens is 859 g/mol. The zero-order valence-electron chi connectivity index (χ0n) is 37.2. The van der Waals surface area contributed by atoms with Gasteiger partial charge in [-0.3, -0.25) is 0 Å². The van der Waals surface area contributed by atoms with Gasteiger partial charge in [0.05, 0.1) is 27.8 Å². The highest BCUT2D eigenvalue weighted by Crippen LogP contribution is 2.47.